The fourth-order valence-corrected chi connectivity index (χ4v) is 2.61. The van der Waals surface area contributed by atoms with Crippen molar-refractivity contribution in [1.29, 1.82) is 0 Å². The Hall–Kier alpha value is -1.81. The van der Waals surface area contributed by atoms with Gasteiger partial charge in [-0.05, 0) is 43.5 Å². The van der Waals surface area contributed by atoms with Crippen molar-refractivity contribution in [1.82, 2.24) is 9.78 Å². The van der Waals surface area contributed by atoms with Crippen LogP contribution in [-0.4, -0.2) is 20.9 Å². The van der Waals surface area contributed by atoms with Crippen LogP contribution in [0, 0.1) is 13.8 Å². The van der Waals surface area contributed by atoms with Crippen molar-refractivity contribution in [2.24, 2.45) is 0 Å². The van der Waals surface area contributed by atoms with E-state index in [1.807, 2.05) is 18.5 Å². The van der Waals surface area contributed by atoms with Crippen LogP contribution in [0.4, 0.5) is 0 Å². The van der Waals surface area contributed by atoms with Gasteiger partial charge in [0, 0.05) is 10.7 Å². The van der Waals surface area contributed by atoms with Gasteiger partial charge >= 0.3 is 5.97 Å². The van der Waals surface area contributed by atoms with Crippen LogP contribution in [0.3, 0.4) is 0 Å². The van der Waals surface area contributed by atoms with E-state index in [2.05, 4.69) is 12.0 Å². The Balaban J connectivity index is 2.33. The van der Waals surface area contributed by atoms with Gasteiger partial charge in [0.15, 0.2) is 0 Å². The smallest absolute Gasteiger partial charge is 0.335 e. The van der Waals surface area contributed by atoms with E-state index in [1.54, 1.807) is 12.1 Å². The largest absolute Gasteiger partial charge is 0.478 e. The molecule has 0 fully saturated rings. The predicted octanol–water partition coefficient (Wildman–Crippen LogP) is 3.46. The van der Waals surface area contributed by atoms with E-state index in [0.717, 1.165) is 23.4 Å². The van der Waals surface area contributed by atoms with Crippen LogP contribution in [-0.2, 0) is 13.0 Å². The molecule has 0 aliphatic heterocycles. The van der Waals surface area contributed by atoms with E-state index in [4.69, 9.17) is 16.7 Å². The highest BCUT2D eigenvalue weighted by atomic mass is 35.5. The van der Waals surface area contributed by atoms with Crippen molar-refractivity contribution < 1.29 is 9.90 Å². The fraction of sp³-hybridized carbons (Fsp3) is 0.333. The molecule has 0 spiro atoms. The number of aryl methyl sites for hydroxylation is 1. The molecule has 20 heavy (non-hydrogen) atoms. The molecule has 0 amide bonds. The van der Waals surface area contributed by atoms with Gasteiger partial charge in [-0.15, -0.1) is 0 Å². The van der Waals surface area contributed by atoms with Gasteiger partial charge in [0.05, 0.1) is 17.8 Å². The van der Waals surface area contributed by atoms with Crippen LogP contribution < -0.4 is 0 Å². The number of aromatic carboxylic acids is 1. The Labute approximate surface area is 123 Å². The van der Waals surface area contributed by atoms with Crippen molar-refractivity contribution in [2.75, 3.05) is 0 Å². The van der Waals surface area contributed by atoms with Gasteiger partial charge in [0.25, 0.3) is 0 Å². The summed E-state index contributed by atoms with van der Waals surface area (Å²) >= 11 is 6.15. The van der Waals surface area contributed by atoms with Crippen molar-refractivity contribution in [2.45, 2.75) is 33.7 Å². The molecule has 0 aliphatic carbocycles. The highest BCUT2D eigenvalue weighted by Crippen LogP contribution is 2.21. The number of nitrogens with zero attached hydrogens (tertiary/aromatic N) is 2. The molecule has 0 atom stereocenters. The summed E-state index contributed by atoms with van der Waals surface area (Å²) in [6.45, 7) is 6.69. The molecule has 0 bridgehead atoms. The summed E-state index contributed by atoms with van der Waals surface area (Å²) in [5.74, 6) is -0.974. The molecule has 1 heterocycles. The minimum atomic E-state index is -0.974. The maximum absolute atomic E-state index is 10.9. The lowest BCUT2D eigenvalue weighted by Crippen LogP contribution is -2.06. The summed E-state index contributed by atoms with van der Waals surface area (Å²) in [6, 6.07) is 4.79. The monoisotopic (exact) mass is 292 g/mol. The molecule has 1 N–H and O–H groups in total. The molecule has 0 unspecified atom stereocenters. The lowest BCUT2D eigenvalue weighted by atomic mass is 10.1. The van der Waals surface area contributed by atoms with Gasteiger partial charge < -0.3 is 5.11 Å². The molecule has 106 valence electrons. The van der Waals surface area contributed by atoms with E-state index in [9.17, 15) is 4.79 Å². The Morgan fingerprint density at radius 2 is 2.10 bits per heavy atom. The maximum Gasteiger partial charge on any atom is 0.335 e. The molecule has 1 aromatic heterocycles. The Morgan fingerprint density at radius 1 is 1.40 bits per heavy atom. The summed E-state index contributed by atoms with van der Waals surface area (Å²) in [4.78, 5) is 10.9. The number of rotatable bonds is 4. The number of hydrogen-bond acceptors (Lipinski definition) is 2. The number of benzene rings is 1. The van der Waals surface area contributed by atoms with E-state index in [0.29, 0.717) is 11.6 Å². The van der Waals surface area contributed by atoms with Crippen molar-refractivity contribution >= 4 is 17.6 Å². The lowest BCUT2D eigenvalue weighted by molar-refractivity contribution is 0.0697. The van der Waals surface area contributed by atoms with E-state index in [1.165, 1.54) is 11.6 Å². The van der Waals surface area contributed by atoms with Crippen molar-refractivity contribution in [3.8, 4) is 0 Å². The summed E-state index contributed by atoms with van der Waals surface area (Å²) in [6.07, 6.45) is 0.948. The third-order valence-corrected chi connectivity index (χ3v) is 3.86. The van der Waals surface area contributed by atoms with Gasteiger partial charge in [0.2, 0.25) is 0 Å². The maximum atomic E-state index is 10.9. The summed E-state index contributed by atoms with van der Waals surface area (Å²) < 4.78 is 1.91. The van der Waals surface area contributed by atoms with Crippen LogP contribution >= 0.6 is 11.6 Å². The zero-order chi connectivity index (χ0) is 14.9. The molecule has 0 saturated heterocycles. The topological polar surface area (TPSA) is 55.1 Å². The third kappa shape index (κ3) is 2.70. The standard InChI is InChI=1S/C15H17ClN2O2/c1-4-13-9(2)17-18(10(13)3)8-12-6-5-11(15(19)20)7-14(12)16/h5-7H,4,8H2,1-3H3,(H,19,20). The number of carboxylic acids is 1. The first-order valence-electron chi connectivity index (χ1n) is 6.48. The summed E-state index contributed by atoms with van der Waals surface area (Å²) in [5.41, 5.74) is 4.47. The average Bonchev–Trinajstić information content (AvgIpc) is 2.66. The quantitative estimate of drug-likeness (QED) is 0.939. The minimum absolute atomic E-state index is 0.196. The first-order valence-corrected chi connectivity index (χ1v) is 6.86. The third-order valence-electron chi connectivity index (χ3n) is 3.51. The van der Waals surface area contributed by atoms with Crippen LogP contribution in [0.1, 0.15) is 39.8 Å². The Kier molecular flexibility index (Phi) is 4.14. The minimum Gasteiger partial charge on any atom is -0.478 e. The molecule has 0 saturated carbocycles. The normalized spacial score (nSPS) is 10.8. The van der Waals surface area contributed by atoms with Crippen molar-refractivity contribution in [3.63, 3.8) is 0 Å². The van der Waals surface area contributed by atoms with E-state index >= 15 is 0 Å². The van der Waals surface area contributed by atoms with Gasteiger partial charge in [-0.25, -0.2) is 4.79 Å². The molecular formula is C15H17ClN2O2. The van der Waals surface area contributed by atoms with Gasteiger partial charge in [0.1, 0.15) is 0 Å². The summed E-state index contributed by atoms with van der Waals surface area (Å²) in [5, 5.41) is 13.9. The lowest BCUT2D eigenvalue weighted by Gasteiger charge is -2.08. The number of carbonyl (C=O) groups is 1. The second-order valence-corrected chi connectivity index (χ2v) is 5.18. The molecule has 4 nitrogen and oxygen atoms in total. The number of hydrogen-bond donors (Lipinski definition) is 1. The molecule has 1 aromatic carbocycles. The first-order chi connectivity index (χ1) is 9.43. The Bertz CT molecular complexity index is 662. The van der Waals surface area contributed by atoms with Gasteiger partial charge in [-0.3, -0.25) is 4.68 Å². The average molecular weight is 293 g/mol. The second-order valence-electron chi connectivity index (χ2n) is 4.77. The van der Waals surface area contributed by atoms with E-state index in [-0.39, 0.29) is 5.56 Å². The Morgan fingerprint density at radius 3 is 2.60 bits per heavy atom. The molecule has 0 radical (unpaired) electrons. The number of halogens is 1. The van der Waals surface area contributed by atoms with Crippen LogP contribution in [0.5, 0.6) is 0 Å². The second kappa shape index (κ2) is 5.67. The van der Waals surface area contributed by atoms with Crippen LogP contribution in [0.2, 0.25) is 5.02 Å². The zero-order valence-corrected chi connectivity index (χ0v) is 12.5. The fourth-order valence-electron chi connectivity index (χ4n) is 2.37. The van der Waals surface area contributed by atoms with Gasteiger partial charge in [-0.2, -0.15) is 5.10 Å². The zero-order valence-electron chi connectivity index (χ0n) is 11.8. The summed E-state index contributed by atoms with van der Waals surface area (Å²) in [7, 11) is 0. The molecule has 5 heteroatoms. The number of aromatic nitrogens is 2. The molecule has 0 aliphatic rings. The molecule has 2 aromatic rings. The van der Waals surface area contributed by atoms with Gasteiger partial charge in [-0.1, -0.05) is 24.6 Å². The molecular weight excluding hydrogens is 276 g/mol. The highest BCUT2D eigenvalue weighted by molar-refractivity contribution is 6.31. The number of carboxylic acid groups (broad SMARTS) is 1. The SMILES string of the molecule is CCc1c(C)nn(Cc2ccc(C(=O)O)cc2Cl)c1C. The predicted molar refractivity (Wildman–Crippen MR) is 78.6 cm³/mol. The molecule has 2 rings (SSSR count). The van der Waals surface area contributed by atoms with Crippen molar-refractivity contribution in [3.05, 3.63) is 51.3 Å². The van der Waals surface area contributed by atoms with E-state index < -0.39 is 5.97 Å². The first kappa shape index (κ1) is 14.6. The van der Waals surface area contributed by atoms with Crippen LogP contribution in [0.15, 0.2) is 18.2 Å². The highest BCUT2D eigenvalue weighted by Gasteiger charge is 2.12. The van der Waals surface area contributed by atoms with Crippen LogP contribution in [0.25, 0.3) is 0 Å².